The number of methoxy groups -OCH3 is 1. The number of carbonyl (C=O) groups is 1. The van der Waals surface area contributed by atoms with Gasteiger partial charge in [-0.05, 0) is 50.9 Å². The number of hydrogen-bond donors (Lipinski definition) is 0. The molecule has 3 heterocycles. The summed E-state index contributed by atoms with van der Waals surface area (Å²) in [5.41, 5.74) is 0.346. The number of benzene rings is 1. The van der Waals surface area contributed by atoms with Crippen LogP contribution in [0.25, 0.3) is 0 Å². The van der Waals surface area contributed by atoms with E-state index in [1.165, 1.54) is 25.9 Å². The first-order valence-electron chi connectivity index (χ1n) is 9.99. The molecular weight excluding hydrogens is 358 g/mol. The molecular formula is C21H27N3O4. The van der Waals surface area contributed by atoms with E-state index in [2.05, 4.69) is 10.1 Å². The molecule has 0 N–H and O–H groups in total. The number of piperidine rings is 1. The van der Waals surface area contributed by atoms with Crippen molar-refractivity contribution < 1.29 is 18.8 Å². The van der Waals surface area contributed by atoms with Gasteiger partial charge in [0.25, 0.3) is 5.91 Å². The molecule has 0 saturated carbocycles. The Bertz CT molecular complexity index is 792. The van der Waals surface area contributed by atoms with Crippen LogP contribution in [0.4, 0.5) is 0 Å². The van der Waals surface area contributed by atoms with Crippen LogP contribution in [0.5, 0.6) is 11.5 Å². The van der Waals surface area contributed by atoms with E-state index in [9.17, 15) is 4.79 Å². The normalized spacial score (nSPS) is 18.4. The standard InChI is InChI=1S/C21H27N3O4/c1-26-19-6-2-3-7-20(19)27-15-17-14-18(22-28-17)21(25)24-12-8-16(9-13-24)23-10-4-5-11-23/h2-3,6-7,14,16H,4-5,8-13,15H2,1H3. The predicted molar refractivity (Wildman–Crippen MR) is 104 cm³/mol. The zero-order valence-electron chi connectivity index (χ0n) is 16.3. The molecule has 0 aliphatic carbocycles. The van der Waals surface area contributed by atoms with E-state index in [1.54, 1.807) is 13.2 Å². The molecule has 28 heavy (non-hydrogen) atoms. The second kappa shape index (κ2) is 8.65. The molecule has 2 aromatic rings. The van der Waals surface area contributed by atoms with E-state index in [0.717, 1.165) is 25.9 Å². The SMILES string of the molecule is COc1ccccc1OCc1cc(C(=O)N2CCC(N3CCCC3)CC2)no1. The van der Waals surface area contributed by atoms with Crippen molar-refractivity contribution in [3.8, 4) is 11.5 Å². The number of likely N-dealkylation sites (tertiary alicyclic amines) is 2. The summed E-state index contributed by atoms with van der Waals surface area (Å²) < 4.78 is 16.3. The molecule has 1 aromatic carbocycles. The van der Waals surface area contributed by atoms with Crippen LogP contribution in [-0.2, 0) is 6.61 Å². The number of amides is 1. The number of ether oxygens (including phenoxy) is 2. The fraction of sp³-hybridized carbons (Fsp3) is 0.524. The van der Waals surface area contributed by atoms with Gasteiger partial charge in [-0.1, -0.05) is 17.3 Å². The third-order valence-corrected chi connectivity index (χ3v) is 5.63. The van der Waals surface area contributed by atoms with E-state index in [1.807, 2.05) is 29.2 Å². The van der Waals surface area contributed by atoms with Crippen molar-refractivity contribution in [3.05, 3.63) is 41.8 Å². The van der Waals surface area contributed by atoms with Gasteiger partial charge in [0.1, 0.15) is 6.61 Å². The van der Waals surface area contributed by atoms with Crippen LogP contribution in [0.1, 0.15) is 41.9 Å². The van der Waals surface area contributed by atoms with Crippen molar-refractivity contribution in [1.82, 2.24) is 15.0 Å². The molecule has 150 valence electrons. The highest BCUT2D eigenvalue weighted by Crippen LogP contribution is 2.27. The minimum atomic E-state index is -0.0628. The molecule has 1 amide bonds. The van der Waals surface area contributed by atoms with Gasteiger partial charge in [0, 0.05) is 25.2 Å². The average Bonchev–Trinajstić information content (AvgIpc) is 3.44. The van der Waals surface area contributed by atoms with E-state index < -0.39 is 0 Å². The van der Waals surface area contributed by atoms with Crippen molar-refractivity contribution >= 4 is 5.91 Å². The largest absolute Gasteiger partial charge is 0.493 e. The number of rotatable bonds is 6. The first-order chi connectivity index (χ1) is 13.7. The smallest absolute Gasteiger partial charge is 0.276 e. The second-order valence-electron chi connectivity index (χ2n) is 7.38. The Morgan fingerprint density at radius 1 is 1.14 bits per heavy atom. The molecule has 7 nitrogen and oxygen atoms in total. The van der Waals surface area contributed by atoms with Crippen LogP contribution < -0.4 is 9.47 Å². The third kappa shape index (κ3) is 4.14. The molecule has 2 aliphatic heterocycles. The summed E-state index contributed by atoms with van der Waals surface area (Å²) in [6, 6.07) is 9.70. The van der Waals surface area contributed by atoms with E-state index in [0.29, 0.717) is 29.0 Å². The van der Waals surface area contributed by atoms with Crippen LogP contribution in [0.15, 0.2) is 34.9 Å². The van der Waals surface area contributed by atoms with E-state index >= 15 is 0 Å². The van der Waals surface area contributed by atoms with Crippen molar-refractivity contribution in [3.63, 3.8) is 0 Å². The Labute approximate surface area is 165 Å². The Morgan fingerprint density at radius 3 is 2.57 bits per heavy atom. The molecule has 0 radical (unpaired) electrons. The monoisotopic (exact) mass is 385 g/mol. The maximum Gasteiger partial charge on any atom is 0.276 e. The van der Waals surface area contributed by atoms with Gasteiger partial charge in [0.05, 0.1) is 7.11 Å². The summed E-state index contributed by atoms with van der Waals surface area (Å²) in [5, 5.41) is 3.95. The molecule has 0 spiro atoms. The highest BCUT2D eigenvalue weighted by molar-refractivity contribution is 5.92. The van der Waals surface area contributed by atoms with Crippen molar-refractivity contribution in [1.29, 1.82) is 0 Å². The fourth-order valence-corrected chi connectivity index (χ4v) is 4.07. The molecule has 2 fully saturated rings. The highest BCUT2D eigenvalue weighted by Gasteiger charge is 2.29. The van der Waals surface area contributed by atoms with Crippen LogP contribution in [0.3, 0.4) is 0 Å². The number of nitrogens with zero attached hydrogens (tertiary/aromatic N) is 3. The molecule has 0 atom stereocenters. The van der Waals surface area contributed by atoms with E-state index in [-0.39, 0.29) is 12.5 Å². The summed E-state index contributed by atoms with van der Waals surface area (Å²) in [6.45, 7) is 4.16. The van der Waals surface area contributed by atoms with Gasteiger partial charge < -0.3 is 23.8 Å². The molecule has 0 bridgehead atoms. The second-order valence-corrected chi connectivity index (χ2v) is 7.38. The maximum atomic E-state index is 12.7. The first-order valence-corrected chi connectivity index (χ1v) is 9.99. The van der Waals surface area contributed by atoms with Crippen LogP contribution >= 0.6 is 0 Å². The van der Waals surface area contributed by atoms with Gasteiger partial charge >= 0.3 is 0 Å². The fourth-order valence-electron chi connectivity index (χ4n) is 4.07. The molecule has 1 aromatic heterocycles. The first kappa shape index (κ1) is 18.8. The summed E-state index contributed by atoms with van der Waals surface area (Å²) in [6.07, 6.45) is 4.68. The molecule has 2 aliphatic rings. The highest BCUT2D eigenvalue weighted by atomic mass is 16.5. The van der Waals surface area contributed by atoms with Gasteiger partial charge in [0.2, 0.25) is 0 Å². The maximum absolute atomic E-state index is 12.7. The van der Waals surface area contributed by atoms with Crippen LogP contribution in [0.2, 0.25) is 0 Å². The number of para-hydroxylation sites is 2. The molecule has 2 saturated heterocycles. The van der Waals surface area contributed by atoms with Crippen molar-refractivity contribution in [2.24, 2.45) is 0 Å². The van der Waals surface area contributed by atoms with Gasteiger partial charge in [0.15, 0.2) is 23.0 Å². The Balaban J connectivity index is 1.30. The summed E-state index contributed by atoms with van der Waals surface area (Å²) >= 11 is 0. The van der Waals surface area contributed by atoms with Gasteiger partial charge in [-0.3, -0.25) is 4.79 Å². The summed E-state index contributed by atoms with van der Waals surface area (Å²) in [4.78, 5) is 17.2. The Kier molecular flexibility index (Phi) is 5.81. The lowest BCUT2D eigenvalue weighted by molar-refractivity contribution is 0.0634. The molecule has 0 unspecified atom stereocenters. The minimum absolute atomic E-state index is 0.0628. The number of aromatic nitrogens is 1. The lowest BCUT2D eigenvalue weighted by Crippen LogP contribution is -2.46. The lowest BCUT2D eigenvalue weighted by Gasteiger charge is -2.36. The predicted octanol–water partition coefficient (Wildman–Crippen LogP) is 2.96. The zero-order valence-corrected chi connectivity index (χ0v) is 16.3. The van der Waals surface area contributed by atoms with Crippen molar-refractivity contribution in [2.45, 2.75) is 38.3 Å². The lowest BCUT2D eigenvalue weighted by atomic mass is 10.0. The third-order valence-electron chi connectivity index (χ3n) is 5.63. The molecule has 7 heteroatoms. The van der Waals surface area contributed by atoms with E-state index in [4.69, 9.17) is 14.0 Å². The average molecular weight is 385 g/mol. The van der Waals surface area contributed by atoms with Gasteiger partial charge in [-0.2, -0.15) is 0 Å². The molecule has 4 rings (SSSR count). The van der Waals surface area contributed by atoms with Gasteiger partial charge in [-0.25, -0.2) is 0 Å². The summed E-state index contributed by atoms with van der Waals surface area (Å²) in [7, 11) is 1.60. The zero-order chi connectivity index (χ0) is 19.3. The number of hydrogen-bond acceptors (Lipinski definition) is 6. The van der Waals surface area contributed by atoms with Crippen LogP contribution in [0, 0.1) is 0 Å². The Morgan fingerprint density at radius 2 is 1.86 bits per heavy atom. The minimum Gasteiger partial charge on any atom is -0.493 e. The summed E-state index contributed by atoms with van der Waals surface area (Å²) in [5.74, 6) is 1.73. The topological polar surface area (TPSA) is 68.0 Å². The van der Waals surface area contributed by atoms with Crippen LogP contribution in [-0.4, -0.2) is 60.2 Å². The number of carbonyl (C=O) groups excluding carboxylic acids is 1. The quantitative estimate of drug-likeness (QED) is 0.762. The van der Waals surface area contributed by atoms with Gasteiger partial charge in [-0.15, -0.1) is 0 Å². The Hall–Kier alpha value is -2.54. The van der Waals surface area contributed by atoms with Crippen molar-refractivity contribution in [2.75, 3.05) is 33.3 Å².